The molecule has 0 saturated heterocycles. The summed E-state index contributed by atoms with van der Waals surface area (Å²) in [5, 5.41) is 4.52. The highest BCUT2D eigenvalue weighted by atomic mass is 16.3. The van der Waals surface area contributed by atoms with E-state index in [0.717, 1.165) is 112 Å². The summed E-state index contributed by atoms with van der Waals surface area (Å²) in [7, 11) is 0. The van der Waals surface area contributed by atoms with Crippen molar-refractivity contribution in [2.45, 2.75) is 12.8 Å². The Hall–Kier alpha value is -8.68. The molecule has 7 heteroatoms. The molecule has 13 rings (SSSR count). The minimum atomic E-state index is 0.538. The fraction of sp³-hybridized carbons (Fsp3) is 0.0345. The molecular formula is C58H38N6O. The van der Waals surface area contributed by atoms with Gasteiger partial charge in [0.25, 0.3) is 0 Å². The molecule has 0 amide bonds. The van der Waals surface area contributed by atoms with E-state index in [1.54, 1.807) is 0 Å². The van der Waals surface area contributed by atoms with Crippen LogP contribution in [0.3, 0.4) is 0 Å². The van der Waals surface area contributed by atoms with Gasteiger partial charge < -0.3 is 8.98 Å². The Morgan fingerprint density at radius 1 is 0.400 bits per heavy atom. The molecule has 1 aliphatic carbocycles. The zero-order chi connectivity index (χ0) is 42.8. The molecule has 1 aliphatic rings. The fourth-order valence-corrected chi connectivity index (χ4v) is 9.66. The van der Waals surface area contributed by atoms with Crippen molar-refractivity contribution >= 4 is 66.0 Å². The summed E-state index contributed by atoms with van der Waals surface area (Å²) in [6.07, 6.45) is 6.09. The van der Waals surface area contributed by atoms with E-state index in [0.29, 0.717) is 23.5 Å². The number of hydrogen-bond donors (Lipinski definition) is 0. The standard InChI is InChI=1S/C58H38N6O/c1-3-15-37(16-4-1)39-27-31-41(32-28-39)55-60-56(42-33-29-40(30-34-42)38-17-5-2-6-18-38)62-58(61-55)64-50-24-12-8-20-44(50)46-36-35-45-43-19-7-11-23-49(43)63(53(45)54(46)64)51-25-13-9-21-47(51)57-59-48-22-10-14-26-52(48)65-57/h1-12,14-24,26-36H,13,25H2. The van der Waals surface area contributed by atoms with Gasteiger partial charge in [-0.2, -0.15) is 9.97 Å². The summed E-state index contributed by atoms with van der Waals surface area (Å²) in [5.41, 5.74) is 14.3. The van der Waals surface area contributed by atoms with Gasteiger partial charge in [0, 0.05) is 38.4 Å². The van der Waals surface area contributed by atoms with Crippen LogP contribution in [-0.2, 0) is 0 Å². The van der Waals surface area contributed by atoms with Gasteiger partial charge in [-0.1, -0.05) is 182 Å². The minimum absolute atomic E-state index is 0.538. The quantitative estimate of drug-likeness (QED) is 0.160. The lowest BCUT2D eigenvalue weighted by atomic mass is 10.0. The van der Waals surface area contributed by atoms with Gasteiger partial charge in [-0.3, -0.25) is 4.57 Å². The first-order chi connectivity index (χ1) is 32.2. The van der Waals surface area contributed by atoms with E-state index < -0.39 is 0 Å². The lowest BCUT2D eigenvalue weighted by molar-refractivity contribution is 0.585. The Bertz CT molecular complexity index is 3720. The molecule has 65 heavy (non-hydrogen) atoms. The van der Waals surface area contributed by atoms with E-state index in [1.165, 1.54) is 0 Å². The van der Waals surface area contributed by atoms with Crippen molar-refractivity contribution in [2.24, 2.45) is 0 Å². The molecule has 0 unspecified atom stereocenters. The van der Waals surface area contributed by atoms with Gasteiger partial charge >= 0.3 is 0 Å². The molecule has 4 aromatic heterocycles. The van der Waals surface area contributed by atoms with E-state index in [1.807, 2.05) is 36.4 Å². The average Bonchev–Trinajstić information content (AvgIpc) is 4.07. The van der Waals surface area contributed by atoms with Crippen molar-refractivity contribution in [3.05, 3.63) is 212 Å². The number of rotatable bonds is 7. The van der Waals surface area contributed by atoms with Gasteiger partial charge in [0.15, 0.2) is 17.2 Å². The van der Waals surface area contributed by atoms with E-state index in [9.17, 15) is 0 Å². The van der Waals surface area contributed by atoms with Gasteiger partial charge in [-0.05, 0) is 59.4 Å². The molecule has 0 radical (unpaired) electrons. The lowest BCUT2D eigenvalue weighted by Gasteiger charge is -2.19. The molecular weight excluding hydrogens is 797 g/mol. The van der Waals surface area contributed by atoms with Gasteiger partial charge in [-0.15, -0.1) is 0 Å². The number of aromatic nitrogens is 6. The summed E-state index contributed by atoms with van der Waals surface area (Å²) in [6, 6.07) is 67.7. The third-order valence-corrected chi connectivity index (χ3v) is 12.7. The van der Waals surface area contributed by atoms with E-state index >= 15 is 0 Å². The van der Waals surface area contributed by atoms with Crippen LogP contribution in [0.1, 0.15) is 18.7 Å². The first-order valence-corrected chi connectivity index (χ1v) is 22.0. The summed E-state index contributed by atoms with van der Waals surface area (Å²) in [4.78, 5) is 21.1. The van der Waals surface area contributed by atoms with Gasteiger partial charge in [0.1, 0.15) is 5.52 Å². The highest BCUT2D eigenvalue weighted by molar-refractivity contribution is 6.24. The number of para-hydroxylation sites is 4. The van der Waals surface area contributed by atoms with Gasteiger partial charge in [-0.25, -0.2) is 9.97 Å². The predicted molar refractivity (Wildman–Crippen MR) is 264 cm³/mol. The molecule has 0 aliphatic heterocycles. The lowest BCUT2D eigenvalue weighted by Crippen LogP contribution is -2.08. The molecule has 7 nitrogen and oxygen atoms in total. The highest BCUT2D eigenvalue weighted by Gasteiger charge is 2.26. The number of oxazole rings is 1. The highest BCUT2D eigenvalue weighted by Crippen LogP contribution is 2.44. The number of fused-ring (bicyclic) bond motifs is 8. The van der Waals surface area contributed by atoms with Crippen LogP contribution in [0.25, 0.3) is 117 Å². The van der Waals surface area contributed by atoms with Crippen molar-refractivity contribution in [1.29, 1.82) is 0 Å². The normalized spacial score (nSPS) is 13.0. The van der Waals surface area contributed by atoms with Crippen LogP contribution in [0.4, 0.5) is 0 Å². The molecule has 306 valence electrons. The number of hydrogen-bond acceptors (Lipinski definition) is 5. The number of benzene rings is 8. The smallest absolute Gasteiger partial charge is 0.238 e. The first-order valence-electron chi connectivity index (χ1n) is 22.0. The second-order valence-corrected chi connectivity index (χ2v) is 16.5. The maximum Gasteiger partial charge on any atom is 0.238 e. The van der Waals surface area contributed by atoms with Crippen LogP contribution in [0.5, 0.6) is 0 Å². The van der Waals surface area contributed by atoms with Crippen molar-refractivity contribution in [1.82, 2.24) is 29.1 Å². The van der Waals surface area contributed by atoms with Crippen molar-refractivity contribution in [3.63, 3.8) is 0 Å². The Balaban J connectivity index is 1.10. The number of allylic oxidation sites excluding steroid dienone is 4. The van der Waals surface area contributed by atoms with Crippen LogP contribution in [0.2, 0.25) is 0 Å². The molecule has 0 atom stereocenters. The maximum atomic E-state index is 6.50. The summed E-state index contributed by atoms with van der Waals surface area (Å²) in [5.74, 6) is 2.33. The minimum Gasteiger partial charge on any atom is -0.436 e. The van der Waals surface area contributed by atoms with Gasteiger partial charge in [0.2, 0.25) is 11.8 Å². The monoisotopic (exact) mass is 834 g/mol. The molecule has 8 aromatic carbocycles. The molecule has 0 saturated carbocycles. The molecule has 12 aromatic rings. The van der Waals surface area contributed by atoms with Crippen molar-refractivity contribution in [2.75, 3.05) is 0 Å². The topological polar surface area (TPSA) is 74.6 Å². The van der Waals surface area contributed by atoms with Crippen molar-refractivity contribution in [3.8, 4) is 51.0 Å². The van der Waals surface area contributed by atoms with Crippen LogP contribution in [-0.4, -0.2) is 29.1 Å². The Morgan fingerprint density at radius 3 is 1.49 bits per heavy atom. The third-order valence-electron chi connectivity index (χ3n) is 12.7. The second-order valence-electron chi connectivity index (χ2n) is 16.5. The zero-order valence-electron chi connectivity index (χ0n) is 35.1. The van der Waals surface area contributed by atoms with Crippen LogP contribution >= 0.6 is 0 Å². The Morgan fingerprint density at radius 2 is 0.892 bits per heavy atom. The maximum absolute atomic E-state index is 6.50. The van der Waals surface area contributed by atoms with E-state index in [-0.39, 0.29) is 0 Å². The SMILES string of the molecule is C1=CC(c2nc3ccccc3o2)=C(n2c3ccccc3c3ccc4c5ccccc5n(-c5nc(-c6ccc(-c7ccccc7)cc6)nc(-c6ccc(-c7ccccc7)cc6)n5)c4c32)CC1. The molecule has 0 bridgehead atoms. The van der Waals surface area contributed by atoms with Crippen molar-refractivity contribution < 1.29 is 4.42 Å². The van der Waals surface area contributed by atoms with Gasteiger partial charge in [0.05, 0.1) is 27.6 Å². The Kier molecular flexibility index (Phi) is 8.52. The van der Waals surface area contributed by atoms with Crippen LogP contribution in [0.15, 0.2) is 211 Å². The van der Waals surface area contributed by atoms with Crippen LogP contribution in [0, 0.1) is 0 Å². The predicted octanol–water partition coefficient (Wildman–Crippen LogP) is 14.6. The summed E-state index contributed by atoms with van der Waals surface area (Å²) in [6.45, 7) is 0. The fourth-order valence-electron chi connectivity index (χ4n) is 9.66. The summed E-state index contributed by atoms with van der Waals surface area (Å²) < 4.78 is 11.2. The molecule has 0 N–H and O–H groups in total. The molecule has 0 fully saturated rings. The number of nitrogens with zero attached hydrogens (tertiary/aromatic N) is 6. The van der Waals surface area contributed by atoms with E-state index in [4.69, 9.17) is 24.4 Å². The van der Waals surface area contributed by atoms with E-state index in [2.05, 4.69) is 179 Å². The average molecular weight is 835 g/mol. The zero-order valence-corrected chi connectivity index (χ0v) is 35.1. The van der Waals surface area contributed by atoms with Crippen LogP contribution < -0.4 is 0 Å². The molecule has 0 spiro atoms. The summed E-state index contributed by atoms with van der Waals surface area (Å²) >= 11 is 0. The largest absolute Gasteiger partial charge is 0.436 e. The second kappa shape index (κ2) is 15.0. The molecule has 4 heterocycles. The Labute approximate surface area is 373 Å². The third kappa shape index (κ3) is 6.12. The first kappa shape index (κ1) is 36.9.